The molecule has 72 valence electrons. The van der Waals surface area contributed by atoms with E-state index in [0.717, 1.165) is 23.2 Å². The molecule has 0 amide bonds. The first-order valence-corrected chi connectivity index (χ1v) is 5.21. The number of anilines is 1. The first-order valence-electron chi connectivity index (χ1n) is 4.42. The van der Waals surface area contributed by atoms with Gasteiger partial charge in [0.1, 0.15) is 0 Å². The fourth-order valence-corrected chi connectivity index (χ4v) is 1.37. The third-order valence-corrected chi connectivity index (χ3v) is 2.37. The summed E-state index contributed by atoms with van der Waals surface area (Å²) in [6.45, 7) is 3.78. The minimum atomic E-state index is 0.513. The van der Waals surface area contributed by atoms with Crippen LogP contribution < -0.4 is 11.1 Å². The van der Waals surface area contributed by atoms with Gasteiger partial charge in [-0.3, -0.25) is 0 Å². The van der Waals surface area contributed by atoms with Crippen LogP contribution in [0.25, 0.3) is 0 Å². The van der Waals surface area contributed by atoms with Gasteiger partial charge in [0.25, 0.3) is 0 Å². The maximum Gasteiger partial charge on any atom is 0.0351 e. The van der Waals surface area contributed by atoms with E-state index >= 15 is 0 Å². The number of halogens is 1. The van der Waals surface area contributed by atoms with E-state index in [1.54, 1.807) is 0 Å². The van der Waals surface area contributed by atoms with Crippen molar-refractivity contribution < 1.29 is 0 Å². The highest BCUT2D eigenvalue weighted by molar-refractivity contribution is 9.10. The Bertz CT molecular complexity index is 263. The normalized spacial score (nSPS) is 12.5. The average Bonchev–Trinajstić information content (AvgIpc) is 2.14. The minimum Gasteiger partial charge on any atom is -0.385 e. The molecule has 0 fully saturated rings. The fourth-order valence-electron chi connectivity index (χ4n) is 0.974. The van der Waals surface area contributed by atoms with Crippen molar-refractivity contribution >= 4 is 21.6 Å². The lowest BCUT2D eigenvalue weighted by atomic mass is 10.2. The summed E-state index contributed by atoms with van der Waals surface area (Å²) in [5.41, 5.74) is 6.65. The lowest BCUT2D eigenvalue weighted by Gasteiger charge is -2.11. The summed E-state index contributed by atoms with van der Waals surface area (Å²) >= 11 is 3.42. The second kappa shape index (κ2) is 5.25. The van der Waals surface area contributed by atoms with E-state index in [0.29, 0.717) is 5.92 Å². The molecule has 0 bridgehead atoms. The van der Waals surface area contributed by atoms with Gasteiger partial charge in [0.05, 0.1) is 0 Å². The van der Waals surface area contributed by atoms with E-state index in [-0.39, 0.29) is 0 Å². The lowest BCUT2D eigenvalue weighted by molar-refractivity contribution is 0.628. The van der Waals surface area contributed by atoms with Crippen molar-refractivity contribution in [3.63, 3.8) is 0 Å². The van der Waals surface area contributed by atoms with E-state index in [9.17, 15) is 0 Å². The zero-order valence-electron chi connectivity index (χ0n) is 7.76. The van der Waals surface area contributed by atoms with E-state index in [1.807, 2.05) is 18.2 Å². The van der Waals surface area contributed by atoms with Crippen LogP contribution in [0, 0.1) is 5.92 Å². The first kappa shape index (κ1) is 10.5. The van der Waals surface area contributed by atoms with Gasteiger partial charge >= 0.3 is 0 Å². The Morgan fingerprint density at radius 1 is 1.54 bits per heavy atom. The molecule has 0 aliphatic carbocycles. The van der Waals surface area contributed by atoms with Crippen molar-refractivity contribution in [2.24, 2.45) is 11.7 Å². The van der Waals surface area contributed by atoms with Crippen molar-refractivity contribution in [1.29, 1.82) is 0 Å². The molecular weight excluding hydrogens is 228 g/mol. The third kappa shape index (κ3) is 3.79. The zero-order valence-corrected chi connectivity index (χ0v) is 9.34. The predicted molar refractivity (Wildman–Crippen MR) is 60.9 cm³/mol. The summed E-state index contributed by atoms with van der Waals surface area (Å²) in [7, 11) is 0. The molecule has 3 N–H and O–H groups in total. The van der Waals surface area contributed by atoms with Crippen molar-refractivity contribution in [3.05, 3.63) is 28.7 Å². The van der Waals surface area contributed by atoms with E-state index in [4.69, 9.17) is 5.73 Å². The van der Waals surface area contributed by atoms with Crippen LogP contribution in [0.4, 0.5) is 5.69 Å². The maximum absolute atomic E-state index is 5.52. The topological polar surface area (TPSA) is 38.0 Å². The molecule has 0 heterocycles. The molecular formula is C10H15BrN2. The molecule has 2 nitrogen and oxygen atoms in total. The van der Waals surface area contributed by atoms with Gasteiger partial charge in [0, 0.05) is 16.7 Å². The third-order valence-electron chi connectivity index (χ3n) is 1.88. The highest BCUT2D eigenvalue weighted by Gasteiger charge is 1.98. The molecule has 0 aromatic heterocycles. The monoisotopic (exact) mass is 242 g/mol. The molecule has 1 unspecified atom stereocenters. The van der Waals surface area contributed by atoms with Crippen LogP contribution >= 0.6 is 15.9 Å². The van der Waals surface area contributed by atoms with Crippen molar-refractivity contribution in [1.82, 2.24) is 0 Å². The van der Waals surface area contributed by atoms with E-state index in [2.05, 4.69) is 34.2 Å². The van der Waals surface area contributed by atoms with Crippen LogP contribution in [0.1, 0.15) is 6.92 Å². The minimum absolute atomic E-state index is 0.513. The van der Waals surface area contributed by atoms with Gasteiger partial charge in [-0.2, -0.15) is 0 Å². The molecule has 13 heavy (non-hydrogen) atoms. The summed E-state index contributed by atoms with van der Waals surface area (Å²) in [4.78, 5) is 0. The summed E-state index contributed by atoms with van der Waals surface area (Å²) in [6.07, 6.45) is 0. The largest absolute Gasteiger partial charge is 0.385 e. The summed E-state index contributed by atoms with van der Waals surface area (Å²) in [5.74, 6) is 0.513. The molecule has 0 aliphatic rings. The predicted octanol–water partition coefficient (Wildman–Crippen LogP) is 2.46. The molecule has 1 aromatic rings. The second-order valence-electron chi connectivity index (χ2n) is 3.23. The Kier molecular flexibility index (Phi) is 4.25. The lowest BCUT2D eigenvalue weighted by Crippen LogP contribution is -2.19. The van der Waals surface area contributed by atoms with Gasteiger partial charge in [-0.05, 0) is 30.7 Å². The van der Waals surface area contributed by atoms with Crippen molar-refractivity contribution in [3.8, 4) is 0 Å². The Balaban J connectivity index is 2.45. The average molecular weight is 243 g/mol. The highest BCUT2D eigenvalue weighted by atomic mass is 79.9. The molecule has 0 aliphatic heterocycles. The number of rotatable bonds is 4. The van der Waals surface area contributed by atoms with Gasteiger partial charge in [0.2, 0.25) is 0 Å². The Morgan fingerprint density at radius 2 is 2.31 bits per heavy atom. The number of hydrogen-bond donors (Lipinski definition) is 2. The van der Waals surface area contributed by atoms with Gasteiger partial charge in [-0.15, -0.1) is 0 Å². The van der Waals surface area contributed by atoms with Crippen LogP contribution in [0.15, 0.2) is 28.7 Å². The number of nitrogens with two attached hydrogens (primary N) is 1. The second-order valence-corrected chi connectivity index (χ2v) is 4.15. The SMILES string of the molecule is CC(CN)CNc1cccc(Br)c1. The number of nitrogens with one attached hydrogen (secondary N) is 1. The molecule has 1 rings (SSSR count). The Morgan fingerprint density at radius 3 is 2.92 bits per heavy atom. The van der Waals surface area contributed by atoms with Crippen molar-refractivity contribution in [2.45, 2.75) is 6.92 Å². The zero-order chi connectivity index (χ0) is 9.68. The van der Waals surface area contributed by atoms with Crippen LogP contribution in [0.3, 0.4) is 0 Å². The van der Waals surface area contributed by atoms with E-state index < -0.39 is 0 Å². The smallest absolute Gasteiger partial charge is 0.0351 e. The molecule has 1 atom stereocenters. The van der Waals surface area contributed by atoms with Gasteiger partial charge in [-0.1, -0.05) is 28.9 Å². The Hall–Kier alpha value is -0.540. The van der Waals surface area contributed by atoms with Crippen LogP contribution in [-0.2, 0) is 0 Å². The van der Waals surface area contributed by atoms with Gasteiger partial charge in [0.15, 0.2) is 0 Å². The molecule has 0 spiro atoms. The first-order chi connectivity index (χ1) is 6.22. The molecule has 1 aromatic carbocycles. The van der Waals surface area contributed by atoms with Gasteiger partial charge < -0.3 is 11.1 Å². The highest BCUT2D eigenvalue weighted by Crippen LogP contribution is 2.15. The molecule has 0 saturated heterocycles. The van der Waals surface area contributed by atoms with Gasteiger partial charge in [-0.25, -0.2) is 0 Å². The number of hydrogen-bond acceptors (Lipinski definition) is 2. The summed E-state index contributed by atoms with van der Waals surface area (Å²) < 4.78 is 1.10. The number of benzene rings is 1. The van der Waals surface area contributed by atoms with Crippen LogP contribution in [0.5, 0.6) is 0 Å². The summed E-state index contributed by atoms with van der Waals surface area (Å²) in [6, 6.07) is 8.13. The Labute approximate surface area is 87.6 Å². The van der Waals surface area contributed by atoms with Crippen molar-refractivity contribution in [2.75, 3.05) is 18.4 Å². The van der Waals surface area contributed by atoms with Crippen LogP contribution in [0.2, 0.25) is 0 Å². The molecule has 0 radical (unpaired) electrons. The fraction of sp³-hybridized carbons (Fsp3) is 0.400. The van der Waals surface area contributed by atoms with Crippen LogP contribution in [-0.4, -0.2) is 13.1 Å². The summed E-state index contributed by atoms with van der Waals surface area (Å²) in [5, 5.41) is 3.33. The molecule has 0 saturated carbocycles. The quantitative estimate of drug-likeness (QED) is 0.852. The molecule has 3 heteroatoms. The maximum atomic E-state index is 5.52. The standard InChI is InChI=1S/C10H15BrN2/c1-8(6-12)7-13-10-4-2-3-9(11)5-10/h2-5,8,13H,6-7,12H2,1H3. The van der Waals surface area contributed by atoms with E-state index in [1.165, 1.54) is 0 Å².